The fourth-order valence-corrected chi connectivity index (χ4v) is 3.03. The van der Waals surface area contributed by atoms with Crippen LogP contribution in [-0.4, -0.2) is 33.0 Å². The lowest BCUT2D eigenvalue weighted by Gasteiger charge is -2.37. The number of aromatic nitrogens is 2. The summed E-state index contributed by atoms with van der Waals surface area (Å²) < 4.78 is 58.9. The van der Waals surface area contributed by atoms with Crippen LogP contribution in [0.1, 0.15) is 11.3 Å². The summed E-state index contributed by atoms with van der Waals surface area (Å²) in [5.74, 6) is -6.67. The Morgan fingerprint density at radius 3 is 2.32 bits per heavy atom. The molecule has 3 N–H and O–H groups in total. The predicted molar refractivity (Wildman–Crippen MR) is 102 cm³/mol. The van der Waals surface area contributed by atoms with Crippen LogP contribution in [0.2, 0.25) is 0 Å². The first kappa shape index (κ1) is 22.0. The Balaban J connectivity index is 2.10. The van der Waals surface area contributed by atoms with E-state index in [-0.39, 0.29) is 0 Å². The Morgan fingerprint density at radius 1 is 1.06 bits per heavy atom. The third-order valence-corrected chi connectivity index (χ3v) is 4.66. The molecule has 0 fully saturated rings. The number of hydrogen-bond acceptors (Lipinski definition) is 6. The predicted octanol–water partition coefficient (Wildman–Crippen LogP) is 4.26. The minimum atomic E-state index is -4.21. The van der Waals surface area contributed by atoms with E-state index in [1.54, 1.807) is 12.1 Å². The van der Waals surface area contributed by atoms with Crippen LogP contribution in [0.4, 0.5) is 17.6 Å². The van der Waals surface area contributed by atoms with Crippen LogP contribution in [0.5, 0.6) is 0 Å². The van der Waals surface area contributed by atoms with Crippen LogP contribution in [0, 0.1) is 22.6 Å². The van der Waals surface area contributed by atoms with Gasteiger partial charge in [0.1, 0.15) is 23.7 Å². The highest BCUT2D eigenvalue weighted by Gasteiger charge is 2.58. The van der Waals surface area contributed by atoms with Gasteiger partial charge in [0.15, 0.2) is 5.60 Å². The number of pyridine rings is 2. The van der Waals surface area contributed by atoms with Crippen molar-refractivity contribution >= 4 is 6.34 Å². The lowest BCUT2D eigenvalue weighted by atomic mass is 9.84. The fraction of sp³-hybridized carbons (Fsp3) is 0.150. The molecule has 0 amide bonds. The zero-order chi connectivity index (χ0) is 22.6. The molecule has 0 aliphatic heterocycles. The smallest absolute Gasteiger partial charge is 0.323 e. The molecular formula is C20H16F4N6O. The normalized spacial score (nSPS) is 13.3. The monoisotopic (exact) mass is 432 g/mol. The van der Waals surface area contributed by atoms with Crippen LogP contribution in [0.3, 0.4) is 0 Å². The van der Waals surface area contributed by atoms with Crippen molar-refractivity contribution in [2.75, 3.05) is 6.54 Å². The van der Waals surface area contributed by atoms with Gasteiger partial charge in [-0.2, -0.15) is 14.3 Å². The van der Waals surface area contributed by atoms with Gasteiger partial charge in [-0.05, 0) is 35.9 Å². The van der Waals surface area contributed by atoms with Crippen LogP contribution in [0.15, 0.2) is 66.3 Å². The van der Waals surface area contributed by atoms with E-state index in [4.69, 9.17) is 10.9 Å². The lowest BCUT2D eigenvalue weighted by molar-refractivity contribution is -0.204. The standard InChI is InChI=1S/C20H16F4N6O/c21-15-2-3-16(17(22)9-15)19(31,11-30(12-25)29-26)20(23,24)18-4-1-14(10-28-18)13-5-7-27-8-6-13/h1-10,12,25-26,31H,11H2. The first-order valence-electron chi connectivity index (χ1n) is 8.80. The summed E-state index contributed by atoms with van der Waals surface area (Å²) in [4.78, 5) is 7.61. The molecule has 1 atom stereocenters. The molecular weight excluding hydrogens is 416 g/mol. The van der Waals surface area contributed by atoms with Crippen molar-refractivity contribution in [1.82, 2.24) is 15.0 Å². The van der Waals surface area contributed by atoms with Crippen molar-refractivity contribution in [3.8, 4) is 11.1 Å². The van der Waals surface area contributed by atoms with Gasteiger partial charge in [0, 0.05) is 35.8 Å². The highest BCUT2D eigenvalue weighted by molar-refractivity contribution is 5.61. The van der Waals surface area contributed by atoms with Crippen LogP contribution in [0.25, 0.3) is 11.1 Å². The van der Waals surface area contributed by atoms with Crippen molar-refractivity contribution in [1.29, 1.82) is 10.9 Å². The van der Waals surface area contributed by atoms with Gasteiger partial charge in [-0.3, -0.25) is 15.4 Å². The van der Waals surface area contributed by atoms with Crippen molar-refractivity contribution in [2.45, 2.75) is 11.5 Å². The van der Waals surface area contributed by atoms with Gasteiger partial charge in [0.2, 0.25) is 0 Å². The molecule has 0 bridgehead atoms. The molecule has 3 aromatic rings. The van der Waals surface area contributed by atoms with E-state index in [2.05, 4.69) is 15.2 Å². The van der Waals surface area contributed by atoms with Crippen LogP contribution < -0.4 is 0 Å². The highest BCUT2D eigenvalue weighted by Crippen LogP contribution is 2.46. The summed E-state index contributed by atoms with van der Waals surface area (Å²) in [6.45, 7) is -1.16. The number of hydrogen-bond donors (Lipinski definition) is 3. The number of rotatable bonds is 8. The van der Waals surface area contributed by atoms with Crippen molar-refractivity contribution in [2.24, 2.45) is 5.22 Å². The molecule has 0 aliphatic rings. The quantitative estimate of drug-likeness (QED) is 0.162. The summed E-state index contributed by atoms with van der Waals surface area (Å²) in [7, 11) is 0. The number of nitrogens with one attached hydrogen (secondary N) is 2. The van der Waals surface area contributed by atoms with Gasteiger partial charge in [0.05, 0.1) is 6.54 Å². The molecule has 160 valence electrons. The molecule has 2 aromatic heterocycles. The molecule has 0 saturated heterocycles. The average molecular weight is 432 g/mol. The Morgan fingerprint density at radius 2 is 1.77 bits per heavy atom. The second-order valence-electron chi connectivity index (χ2n) is 6.55. The Hall–Kier alpha value is -3.73. The molecule has 3 rings (SSSR count). The summed E-state index contributed by atoms with van der Waals surface area (Å²) in [5.41, 5.74) is 2.99. The largest absolute Gasteiger partial charge is 0.377 e. The minimum Gasteiger partial charge on any atom is -0.377 e. The zero-order valence-corrected chi connectivity index (χ0v) is 15.8. The average Bonchev–Trinajstić information content (AvgIpc) is 2.77. The molecule has 0 aliphatic carbocycles. The zero-order valence-electron chi connectivity index (χ0n) is 15.8. The highest BCUT2D eigenvalue weighted by atomic mass is 19.3. The first-order valence-corrected chi connectivity index (χ1v) is 8.80. The van der Waals surface area contributed by atoms with Gasteiger partial charge in [-0.25, -0.2) is 13.8 Å². The Bertz CT molecular complexity index is 1070. The van der Waals surface area contributed by atoms with Crippen LogP contribution in [-0.2, 0) is 11.5 Å². The summed E-state index contributed by atoms with van der Waals surface area (Å²) in [5, 5.41) is 21.4. The van der Waals surface area contributed by atoms with Crippen molar-refractivity contribution in [3.63, 3.8) is 0 Å². The van der Waals surface area contributed by atoms with E-state index in [0.717, 1.165) is 12.3 Å². The van der Waals surface area contributed by atoms with E-state index >= 15 is 8.78 Å². The fourth-order valence-electron chi connectivity index (χ4n) is 3.03. The summed E-state index contributed by atoms with van der Waals surface area (Å²) in [6, 6.07) is 7.35. The second-order valence-corrected chi connectivity index (χ2v) is 6.55. The van der Waals surface area contributed by atoms with E-state index in [9.17, 15) is 13.9 Å². The third-order valence-electron chi connectivity index (χ3n) is 4.66. The molecule has 2 heterocycles. The maximum Gasteiger partial charge on any atom is 0.323 e. The molecule has 0 radical (unpaired) electrons. The van der Waals surface area contributed by atoms with Gasteiger partial charge in [-0.15, -0.1) is 0 Å². The van der Waals surface area contributed by atoms with E-state index in [1.807, 2.05) is 0 Å². The molecule has 11 heteroatoms. The van der Waals surface area contributed by atoms with Gasteiger partial charge < -0.3 is 5.11 Å². The van der Waals surface area contributed by atoms with E-state index < -0.39 is 41.0 Å². The maximum absolute atomic E-state index is 15.6. The van der Waals surface area contributed by atoms with E-state index in [1.165, 1.54) is 18.5 Å². The molecule has 0 saturated carbocycles. The molecule has 1 aromatic carbocycles. The van der Waals surface area contributed by atoms with Gasteiger partial charge in [-0.1, -0.05) is 11.3 Å². The Labute approximate surface area is 174 Å². The summed E-state index contributed by atoms with van der Waals surface area (Å²) in [6.07, 6.45) is 4.60. The topological polar surface area (TPSA) is 109 Å². The molecule has 0 spiro atoms. The van der Waals surface area contributed by atoms with Gasteiger partial charge in [0.25, 0.3) is 0 Å². The first-order chi connectivity index (χ1) is 14.7. The van der Waals surface area contributed by atoms with Crippen LogP contribution >= 0.6 is 0 Å². The second kappa shape index (κ2) is 8.56. The molecule has 1 unspecified atom stereocenters. The van der Waals surface area contributed by atoms with Crippen molar-refractivity contribution < 1.29 is 22.7 Å². The number of alkyl halides is 2. The van der Waals surface area contributed by atoms with Gasteiger partial charge >= 0.3 is 5.92 Å². The van der Waals surface area contributed by atoms with Crippen molar-refractivity contribution in [3.05, 3.63) is 83.9 Å². The maximum atomic E-state index is 15.6. The summed E-state index contributed by atoms with van der Waals surface area (Å²) >= 11 is 0. The third kappa shape index (κ3) is 4.12. The number of halogens is 4. The molecule has 31 heavy (non-hydrogen) atoms. The molecule has 7 nitrogen and oxygen atoms in total. The SMILES string of the molecule is N=CN(CC(O)(c1ccc(F)cc1F)C(F)(F)c1ccc(-c2ccncc2)cn1)N=N. The number of nitrogens with zero attached hydrogens (tertiary/aromatic N) is 4. The number of benzene rings is 1. The van der Waals surface area contributed by atoms with E-state index in [0.29, 0.717) is 40.7 Å². The number of aliphatic hydroxyl groups is 1. The minimum absolute atomic E-state index is 0.350. The lowest BCUT2D eigenvalue weighted by Crippen LogP contribution is -2.51. The Kier molecular flexibility index (Phi) is 6.07.